The predicted octanol–water partition coefficient (Wildman–Crippen LogP) is 3.45. The van der Waals surface area contributed by atoms with E-state index in [2.05, 4.69) is 4.72 Å². The van der Waals surface area contributed by atoms with Crippen LogP contribution in [0.3, 0.4) is 0 Å². The van der Waals surface area contributed by atoms with Crippen LogP contribution in [0.1, 0.15) is 18.6 Å². The third-order valence-corrected chi connectivity index (χ3v) is 6.25. The molecule has 2 aromatic carbocycles. The van der Waals surface area contributed by atoms with Crippen LogP contribution >= 0.6 is 11.3 Å². The maximum absolute atomic E-state index is 13.9. The highest BCUT2D eigenvalue weighted by Gasteiger charge is 2.20. The number of hydrogen-bond donors (Lipinski definition) is 2. The lowest BCUT2D eigenvalue weighted by molar-refractivity contribution is 0.184. The maximum Gasteiger partial charge on any atom is 0.240 e. The number of fused-ring (bicyclic) bond motifs is 1. The van der Waals surface area contributed by atoms with Gasteiger partial charge in [-0.05, 0) is 42.0 Å². The summed E-state index contributed by atoms with van der Waals surface area (Å²) in [4.78, 5) is -0.221. The number of nitrogens with one attached hydrogen (secondary N) is 1. The Morgan fingerprint density at radius 2 is 2.04 bits per heavy atom. The Balaban J connectivity index is 1.74. The van der Waals surface area contributed by atoms with E-state index in [1.165, 1.54) is 23.5 Å². The standard InChI is InChI=1S/C18H18FNO4S2/c1-2-24-17-8-7-12(9-15(17)19)26(22,23)20-10-16(21)14-11-25-18-6-4-3-5-13(14)18/h3-9,11,16,20-21H,2,10H2,1H3. The molecule has 0 aliphatic rings. The number of aliphatic hydroxyl groups excluding tert-OH is 1. The fourth-order valence-electron chi connectivity index (χ4n) is 2.56. The number of hydrogen-bond acceptors (Lipinski definition) is 5. The number of aliphatic hydroxyl groups is 1. The summed E-state index contributed by atoms with van der Waals surface area (Å²) in [6, 6.07) is 11.0. The summed E-state index contributed by atoms with van der Waals surface area (Å²) in [6.07, 6.45) is -1.01. The van der Waals surface area contributed by atoms with Gasteiger partial charge >= 0.3 is 0 Å². The van der Waals surface area contributed by atoms with E-state index in [1.54, 1.807) is 12.3 Å². The molecule has 0 amide bonds. The molecule has 8 heteroatoms. The van der Waals surface area contributed by atoms with Crippen molar-refractivity contribution >= 4 is 31.4 Å². The van der Waals surface area contributed by atoms with Gasteiger partial charge in [0.2, 0.25) is 10.0 Å². The predicted molar refractivity (Wildman–Crippen MR) is 99.5 cm³/mol. The molecule has 0 saturated heterocycles. The molecular weight excluding hydrogens is 377 g/mol. The third kappa shape index (κ3) is 3.88. The molecule has 26 heavy (non-hydrogen) atoms. The van der Waals surface area contributed by atoms with Gasteiger partial charge in [-0.1, -0.05) is 18.2 Å². The normalized spacial score (nSPS) is 13.0. The topological polar surface area (TPSA) is 75.6 Å². The zero-order valence-electron chi connectivity index (χ0n) is 14.0. The Bertz CT molecular complexity index is 1020. The minimum Gasteiger partial charge on any atom is -0.491 e. The first-order chi connectivity index (χ1) is 12.4. The molecule has 0 aliphatic heterocycles. The van der Waals surface area contributed by atoms with Crippen LogP contribution in [-0.4, -0.2) is 26.7 Å². The van der Waals surface area contributed by atoms with Gasteiger partial charge < -0.3 is 9.84 Å². The van der Waals surface area contributed by atoms with Crippen molar-refractivity contribution in [3.05, 3.63) is 59.2 Å². The number of sulfonamides is 1. The van der Waals surface area contributed by atoms with Crippen molar-refractivity contribution in [2.75, 3.05) is 13.2 Å². The van der Waals surface area contributed by atoms with Gasteiger partial charge in [-0.3, -0.25) is 0 Å². The van der Waals surface area contributed by atoms with Gasteiger partial charge in [0, 0.05) is 16.8 Å². The summed E-state index contributed by atoms with van der Waals surface area (Å²) in [6.45, 7) is 1.78. The van der Waals surface area contributed by atoms with Gasteiger partial charge in [-0.2, -0.15) is 0 Å². The minimum absolute atomic E-state index is 0.00349. The second-order valence-electron chi connectivity index (χ2n) is 5.58. The van der Waals surface area contributed by atoms with Gasteiger partial charge in [-0.15, -0.1) is 11.3 Å². The van der Waals surface area contributed by atoms with Crippen molar-refractivity contribution in [1.29, 1.82) is 0 Å². The molecular formula is C18H18FNO4S2. The van der Waals surface area contributed by atoms with Gasteiger partial charge in [0.25, 0.3) is 0 Å². The lowest BCUT2D eigenvalue weighted by Gasteiger charge is -2.13. The van der Waals surface area contributed by atoms with E-state index < -0.39 is 21.9 Å². The van der Waals surface area contributed by atoms with E-state index in [0.717, 1.165) is 16.2 Å². The molecule has 3 rings (SSSR count). The highest BCUT2D eigenvalue weighted by molar-refractivity contribution is 7.89. The van der Waals surface area contributed by atoms with E-state index >= 15 is 0 Å². The van der Waals surface area contributed by atoms with E-state index in [0.29, 0.717) is 5.56 Å². The van der Waals surface area contributed by atoms with Crippen LogP contribution in [0.2, 0.25) is 0 Å². The van der Waals surface area contributed by atoms with Gasteiger partial charge in [0.05, 0.1) is 17.6 Å². The largest absolute Gasteiger partial charge is 0.491 e. The molecule has 0 aliphatic carbocycles. The van der Waals surface area contributed by atoms with Crippen molar-refractivity contribution in [3.63, 3.8) is 0 Å². The molecule has 0 spiro atoms. The Labute approximate surface area is 155 Å². The van der Waals surface area contributed by atoms with E-state index in [4.69, 9.17) is 4.74 Å². The first-order valence-electron chi connectivity index (χ1n) is 7.98. The molecule has 1 aromatic heterocycles. The zero-order chi connectivity index (χ0) is 18.7. The van der Waals surface area contributed by atoms with Crippen LogP contribution < -0.4 is 9.46 Å². The molecule has 5 nitrogen and oxygen atoms in total. The molecule has 3 aromatic rings. The molecule has 0 fully saturated rings. The van der Waals surface area contributed by atoms with Crippen LogP contribution in [0.25, 0.3) is 10.1 Å². The number of benzene rings is 2. The lowest BCUT2D eigenvalue weighted by Crippen LogP contribution is -2.28. The first-order valence-corrected chi connectivity index (χ1v) is 10.3. The van der Waals surface area contributed by atoms with Crippen LogP contribution in [-0.2, 0) is 10.0 Å². The number of thiophene rings is 1. The monoisotopic (exact) mass is 395 g/mol. The number of rotatable bonds is 7. The third-order valence-electron chi connectivity index (χ3n) is 3.85. The highest BCUT2D eigenvalue weighted by atomic mass is 32.2. The average molecular weight is 395 g/mol. The van der Waals surface area contributed by atoms with Crippen molar-refractivity contribution in [1.82, 2.24) is 4.72 Å². The number of halogens is 1. The lowest BCUT2D eigenvalue weighted by atomic mass is 10.1. The van der Waals surface area contributed by atoms with Gasteiger partial charge in [-0.25, -0.2) is 17.5 Å². The summed E-state index contributed by atoms with van der Waals surface area (Å²) in [5, 5.41) is 13.1. The average Bonchev–Trinajstić information content (AvgIpc) is 3.06. The fourth-order valence-corrected chi connectivity index (χ4v) is 4.62. The maximum atomic E-state index is 13.9. The SMILES string of the molecule is CCOc1ccc(S(=O)(=O)NCC(O)c2csc3ccccc23)cc1F. The van der Waals surface area contributed by atoms with E-state index in [-0.39, 0.29) is 23.8 Å². The Morgan fingerprint density at radius 3 is 2.77 bits per heavy atom. The molecule has 0 saturated carbocycles. The highest BCUT2D eigenvalue weighted by Crippen LogP contribution is 2.30. The molecule has 1 heterocycles. The van der Waals surface area contributed by atoms with E-state index in [1.807, 2.05) is 24.3 Å². The van der Waals surface area contributed by atoms with Crippen LogP contribution in [0, 0.1) is 5.82 Å². The van der Waals surface area contributed by atoms with Crippen molar-refractivity contribution in [3.8, 4) is 5.75 Å². The summed E-state index contributed by atoms with van der Waals surface area (Å²) >= 11 is 1.48. The Hall–Kier alpha value is -2.00. The van der Waals surface area contributed by atoms with Crippen molar-refractivity contribution < 1.29 is 22.7 Å². The second kappa shape index (κ2) is 7.71. The summed E-state index contributed by atoms with van der Waals surface area (Å²) in [5.74, 6) is -0.754. The summed E-state index contributed by atoms with van der Waals surface area (Å²) in [5.41, 5.74) is 0.658. The molecule has 2 N–H and O–H groups in total. The Morgan fingerprint density at radius 1 is 1.27 bits per heavy atom. The van der Waals surface area contributed by atoms with Crippen LogP contribution in [0.5, 0.6) is 5.75 Å². The van der Waals surface area contributed by atoms with Gasteiger partial charge in [0.15, 0.2) is 11.6 Å². The second-order valence-corrected chi connectivity index (χ2v) is 8.26. The van der Waals surface area contributed by atoms with Crippen molar-refractivity contribution in [2.24, 2.45) is 0 Å². The number of ether oxygens (including phenoxy) is 1. The molecule has 0 radical (unpaired) electrons. The molecule has 1 atom stereocenters. The molecule has 1 unspecified atom stereocenters. The Kier molecular flexibility index (Phi) is 5.57. The first kappa shape index (κ1) is 18.8. The zero-order valence-corrected chi connectivity index (χ0v) is 15.6. The van der Waals surface area contributed by atoms with Crippen LogP contribution in [0.15, 0.2) is 52.7 Å². The smallest absolute Gasteiger partial charge is 0.240 e. The molecule has 138 valence electrons. The van der Waals surface area contributed by atoms with Crippen molar-refractivity contribution in [2.45, 2.75) is 17.9 Å². The minimum atomic E-state index is -3.96. The van der Waals surface area contributed by atoms with Crippen LogP contribution in [0.4, 0.5) is 4.39 Å². The summed E-state index contributed by atoms with van der Waals surface area (Å²) in [7, 11) is -3.96. The van der Waals surface area contributed by atoms with Gasteiger partial charge in [0.1, 0.15) is 0 Å². The fraction of sp³-hybridized carbons (Fsp3) is 0.222. The summed E-state index contributed by atoms with van der Waals surface area (Å²) < 4.78 is 47.0. The molecule has 0 bridgehead atoms. The van der Waals surface area contributed by atoms with E-state index in [9.17, 15) is 17.9 Å². The quantitative estimate of drug-likeness (QED) is 0.643.